The Balaban J connectivity index is 1.87. The van der Waals surface area contributed by atoms with Crippen LogP contribution in [0.3, 0.4) is 0 Å². The molecular formula is C12H17ClN2O. The fraction of sp³-hybridized carbons (Fsp3) is 0.583. The van der Waals surface area contributed by atoms with E-state index in [4.69, 9.17) is 16.3 Å². The highest BCUT2D eigenvalue weighted by atomic mass is 35.5. The quantitative estimate of drug-likeness (QED) is 0.755. The molecule has 1 fully saturated rings. The van der Waals surface area contributed by atoms with Crippen molar-refractivity contribution in [1.29, 1.82) is 0 Å². The van der Waals surface area contributed by atoms with Gasteiger partial charge in [-0.15, -0.1) is 0 Å². The molecule has 1 aromatic heterocycles. The van der Waals surface area contributed by atoms with Crippen LogP contribution in [0.1, 0.15) is 12.0 Å². The maximum Gasteiger partial charge on any atom is 0.129 e. The van der Waals surface area contributed by atoms with Crippen molar-refractivity contribution in [2.24, 2.45) is 5.92 Å². The molecule has 0 saturated carbocycles. The topological polar surface area (TPSA) is 25.4 Å². The second-order valence-electron chi connectivity index (χ2n) is 4.33. The number of nitrogens with zero attached hydrogens (tertiary/aromatic N) is 2. The molecule has 1 aliphatic rings. The van der Waals surface area contributed by atoms with E-state index < -0.39 is 0 Å². The van der Waals surface area contributed by atoms with Gasteiger partial charge in [0.25, 0.3) is 0 Å². The Morgan fingerprint density at radius 1 is 1.62 bits per heavy atom. The summed E-state index contributed by atoms with van der Waals surface area (Å²) in [5, 5.41) is 0.574. The number of hydrogen-bond acceptors (Lipinski definition) is 3. The number of aromatic nitrogens is 1. The molecule has 88 valence electrons. The third kappa shape index (κ3) is 3.17. The van der Waals surface area contributed by atoms with E-state index >= 15 is 0 Å². The molecule has 0 aliphatic carbocycles. The van der Waals surface area contributed by atoms with Gasteiger partial charge in [0.15, 0.2) is 0 Å². The third-order valence-electron chi connectivity index (χ3n) is 2.97. The zero-order valence-corrected chi connectivity index (χ0v) is 10.3. The molecule has 16 heavy (non-hydrogen) atoms. The smallest absolute Gasteiger partial charge is 0.129 e. The number of hydrogen-bond donors (Lipinski definition) is 0. The van der Waals surface area contributed by atoms with Gasteiger partial charge >= 0.3 is 0 Å². The van der Waals surface area contributed by atoms with Crippen molar-refractivity contribution in [3.63, 3.8) is 0 Å². The SMILES string of the molecule is COCC1CCN(Cc2ccnc(Cl)c2)C1. The first-order valence-corrected chi connectivity index (χ1v) is 5.97. The first-order valence-electron chi connectivity index (χ1n) is 5.59. The Hall–Kier alpha value is -0.640. The molecular weight excluding hydrogens is 224 g/mol. The van der Waals surface area contributed by atoms with Gasteiger partial charge in [0, 0.05) is 26.4 Å². The van der Waals surface area contributed by atoms with Crippen LogP contribution in [0.25, 0.3) is 0 Å². The molecule has 0 bridgehead atoms. The van der Waals surface area contributed by atoms with E-state index in [0.717, 1.165) is 26.2 Å². The van der Waals surface area contributed by atoms with E-state index in [1.807, 2.05) is 12.1 Å². The van der Waals surface area contributed by atoms with Crippen LogP contribution in [-0.4, -0.2) is 36.7 Å². The van der Waals surface area contributed by atoms with E-state index in [1.54, 1.807) is 13.3 Å². The minimum atomic E-state index is 0.574. The van der Waals surface area contributed by atoms with Crippen molar-refractivity contribution in [3.05, 3.63) is 29.0 Å². The monoisotopic (exact) mass is 240 g/mol. The molecule has 4 heteroatoms. The number of rotatable bonds is 4. The van der Waals surface area contributed by atoms with Crippen LogP contribution in [-0.2, 0) is 11.3 Å². The van der Waals surface area contributed by atoms with Crippen LogP contribution in [0.15, 0.2) is 18.3 Å². The van der Waals surface area contributed by atoms with Crippen molar-refractivity contribution < 1.29 is 4.74 Å². The summed E-state index contributed by atoms with van der Waals surface area (Å²) in [6.07, 6.45) is 2.99. The molecule has 1 unspecified atom stereocenters. The van der Waals surface area contributed by atoms with Crippen molar-refractivity contribution in [1.82, 2.24) is 9.88 Å². The summed E-state index contributed by atoms with van der Waals surface area (Å²) in [6.45, 7) is 4.10. The zero-order chi connectivity index (χ0) is 11.4. The molecule has 0 spiro atoms. The largest absolute Gasteiger partial charge is 0.384 e. The molecule has 1 atom stereocenters. The lowest BCUT2D eigenvalue weighted by Gasteiger charge is -2.15. The van der Waals surface area contributed by atoms with Gasteiger partial charge in [-0.05, 0) is 36.6 Å². The Morgan fingerprint density at radius 3 is 3.25 bits per heavy atom. The highest BCUT2D eigenvalue weighted by Gasteiger charge is 2.22. The highest BCUT2D eigenvalue weighted by Crippen LogP contribution is 2.19. The average Bonchev–Trinajstić information content (AvgIpc) is 2.66. The molecule has 1 aromatic rings. The standard InChI is InChI=1S/C12H17ClN2O/c1-16-9-11-3-5-15(8-11)7-10-2-4-14-12(13)6-10/h2,4,6,11H,3,5,7-9H2,1H3. The first-order chi connectivity index (χ1) is 7.78. The number of halogens is 1. The fourth-order valence-corrected chi connectivity index (χ4v) is 2.42. The lowest BCUT2D eigenvalue weighted by atomic mass is 10.1. The Labute approximate surface area is 101 Å². The molecule has 0 aromatic carbocycles. The summed E-state index contributed by atoms with van der Waals surface area (Å²) < 4.78 is 5.19. The Kier molecular flexibility index (Phi) is 4.16. The van der Waals surface area contributed by atoms with E-state index in [0.29, 0.717) is 11.1 Å². The van der Waals surface area contributed by atoms with Crippen molar-refractivity contribution in [2.45, 2.75) is 13.0 Å². The van der Waals surface area contributed by atoms with Gasteiger partial charge in [0.05, 0.1) is 6.61 Å². The highest BCUT2D eigenvalue weighted by molar-refractivity contribution is 6.29. The molecule has 0 N–H and O–H groups in total. The van der Waals surface area contributed by atoms with Crippen molar-refractivity contribution in [2.75, 3.05) is 26.8 Å². The minimum Gasteiger partial charge on any atom is -0.384 e. The van der Waals surface area contributed by atoms with Crippen LogP contribution < -0.4 is 0 Å². The average molecular weight is 241 g/mol. The number of methoxy groups -OCH3 is 1. The first kappa shape index (κ1) is 11.8. The van der Waals surface area contributed by atoms with Gasteiger partial charge in [0.1, 0.15) is 5.15 Å². The number of pyridine rings is 1. The predicted octanol–water partition coefficient (Wildman–Crippen LogP) is 2.20. The Morgan fingerprint density at radius 2 is 2.50 bits per heavy atom. The summed E-state index contributed by atoms with van der Waals surface area (Å²) in [6, 6.07) is 3.96. The van der Waals surface area contributed by atoms with Gasteiger partial charge in [-0.3, -0.25) is 4.90 Å². The molecule has 0 amide bonds. The molecule has 1 saturated heterocycles. The summed E-state index contributed by atoms with van der Waals surface area (Å²) in [5.41, 5.74) is 1.23. The fourth-order valence-electron chi connectivity index (χ4n) is 2.23. The number of ether oxygens (including phenoxy) is 1. The van der Waals surface area contributed by atoms with E-state index in [2.05, 4.69) is 9.88 Å². The summed E-state index contributed by atoms with van der Waals surface area (Å²) in [4.78, 5) is 6.43. The maximum absolute atomic E-state index is 5.86. The van der Waals surface area contributed by atoms with Gasteiger partial charge in [-0.1, -0.05) is 11.6 Å². The van der Waals surface area contributed by atoms with Gasteiger partial charge < -0.3 is 4.74 Å². The molecule has 0 radical (unpaired) electrons. The van der Waals surface area contributed by atoms with Crippen LogP contribution in [0.5, 0.6) is 0 Å². The molecule has 1 aliphatic heterocycles. The number of likely N-dealkylation sites (tertiary alicyclic amines) is 1. The lowest BCUT2D eigenvalue weighted by Crippen LogP contribution is -2.21. The van der Waals surface area contributed by atoms with Crippen LogP contribution in [0, 0.1) is 5.92 Å². The Bertz CT molecular complexity index is 346. The van der Waals surface area contributed by atoms with Gasteiger partial charge in [-0.2, -0.15) is 0 Å². The van der Waals surface area contributed by atoms with Gasteiger partial charge in [-0.25, -0.2) is 4.98 Å². The minimum absolute atomic E-state index is 0.574. The zero-order valence-electron chi connectivity index (χ0n) is 9.53. The molecule has 2 rings (SSSR count). The third-order valence-corrected chi connectivity index (χ3v) is 3.18. The van der Waals surface area contributed by atoms with E-state index in [9.17, 15) is 0 Å². The normalized spacial score (nSPS) is 21.5. The second-order valence-corrected chi connectivity index (χ2v) is 4.72. The lowest BCUT2D eigenvalue weighted by molar-refractivity contribution is 0.152. The van der Waals surface area contributed by atoms with Crippen LogP contribution in [0.2, 0.25) is 5.15 Å². The maximum atomic E-state index is 5.86. The predicted molar refractivity (Wildman–Crippen MR) is 64.5 cm³/mol. The van der Waals surface area contributed by atoms with E-state index in [-0.39, 0.29) is 0 Å². The van der Waals surface area contributed by atoms with Crippen molar-refractivity contribution in [3.8, 4) is 0 Å². The van der Waals surface area contributed by atoms with Crippen LogP contribution >= 0.6 is 11.6 Å². The summed E-state index contributed by atoms with van der Waals surface area (Å²) in [7, 11) is 1.77. The van der Waals surface area contributed by atoms with Crippen LogP contribution in [0.4, 0.5) is 0 Å². The summed E-state index contributed by atoms with van der Waals surface area (Å²) >= 11 is 5.86. The van der Waals surface area contributed by atoms with Gasteiger partial charge in [0.2, 0.25) is 0 Å². The summed E-state index contributed by atoms with van der Waals surface area (Å²) in [5.74, 6) is 0.683. The van der Waals surface area contributed by atoms with Crippen molar-refractivity contribution >= 4 is 11.6 Å². The van der Waals surface area contributed by atoms with E-state index in [1.165, 1.54) is 12.0 Å². The molecule has 3 nitrogen and oxygen atoms in total. The molecule has 2 heterocycles. The second kappa shape index (κ2) is 5.62.